The Labute approximate surface area is 285 Å². The van der Waals surface area contributed by atoms with Crippen LogP contribution in [0.1, 0.15) is 22.3 Å². The van der Waals surface area contributed by atoms with Crippen LogP contribution in [0.2, 0.25) is 0 Å². The molecule has 4 heteroatoms. The molecule has 0 fully saturated rings. The Morgan fingerprint density at radius 1 is 0.306 bits per heavy atom. The van der Waals surface area contributed by atoms with Crippen molar-refractivity contribution >= 4 is 0 Å². The number of fused-ring (bicyclic) bond motifs is 3. The molecule has 0 unspecified atom stereocenters. The fourth-order valence-corrected chi connectivity index (χ4v) is 7.38. The molecule has 230 valence electrons. The summed E-state index contributed by atoms with van der Waals surface area (Å²) in [5.41, 5.74) is 13.7. The summed E-state index contributed by atoms with van der Waals surface area (Å²) in [6.07, 6.45) is 7.11. The van der Waals surface area contributed by atoms with E-state index in [0.29, 0.717) is 0 Å². The van der Waals surface area contributed by atoms with Gasteiger partial charge in [-0.1, -0.05) is 133 Å². The summed E-state index contributed by atoms with van der Waals surface area (Å²) in [6.45, 7) is 0. The average molecular weight is 627 g/mol. The smallest absolute Gasteiger partial charge is 0.159 e. The van der Waals surface area contributed by atoms with Crippen LogP contribution in [0, 0.1) is 0 Å². The summed E-state index contributed by atoms with van der Waals surface area (Å²) >= 11 is 0. The molecule has 0 aliphatic heterocycles. The Hall–Kier alpha value is -6.52. The molecule has 2 aromatic heterocycles. The lowest BCUT2D eigenvalue weighted by Crippen LogP contribution is -2.28. The van der Waals surface area contributed by atoms with Crippen molar-refractivity contribution in [1.82, 2.24) is 19.9 Å². The minimum absolute atomic E-state index is 0.465. The normalized spacial score (nSPS) is 12.7. The zero-order valence-corrected chi connectivity index (χ0v) is 26.6. The van der Waals surface area contributed by atoms with E-state index in [-0.39, 0.29) is 0 Å². The van der Waals surface area contributed by atoms with Crippen LogP contribution in [0.25, 0.3) is 56.2 Å². The highest BCUT2D eigenvalue weighted by Gasteiger charge is 2.46. The van der Waals surface area contributed by atoms with Crippen molar-refractivity contribution in [2.45, 2.75) is 5.41 Å². The molecule has 0 N–H and O–H groups in total. The molecular formula is C45H30N4. The van der Waals surface area contributed by atoms with Gasteiger partial charge in [-0.25, -0.2) is 19.9 Å². The highest BCUT2D eigenvalue weighted by molar-refractivity contribution is 5.91. The van der Waals surface area contributed by atoms with Gasteiger partial charge in [-0.15, -0.1) is 0 Å². The van der Waals surface area contributed by atoms with Crippen molar-refractivity contribution in [2.75, 3.05) is 0 Å². The molecule has 1 aliphatic carbocycles. The van der Waals surface area contributed by atoms with E-state index in [4.69, 9.17) is 0 Å². The predicted octanol–water partition coefficient (Wildman–Crippen LogP) is 10.3. The van der Waals surface area contributed by atoms with Crippen LogP contribution in [0.5, 0.6) is 0 Å². The summed E-state index contributed by atoms with van der Waals surface area (Å²) in [4.78, 5) is 17.7. The number of rotatable bonds is 6. The maximum atomic E-state index is 4.43. The SMILES string of the molecule is c1ccc(C2(c3ccccc3)c3ccc(-c4ccc(-c5ncccn5)cc4)cc3-c3cc(-c4ccc(-c5ncccn5)cc4)ccc32)cc1. The van der Waals surface area contributed by atoms with Crippen LogP contribution >= 0.6 is 0 Å². The fraction of sp³-hybridized carbons (Fsp3) is 0.0222. The Bertz CT molecular complexity index is 2220. The summed E-state index contributed by atoms with van der Waals surface area (Å²) < 4.78 is 0. The molecule has 0 spiro atoms. The van der Waals surface area contributed by atoms with E-state index in [1.54, 1.807) is 24.8 Å². The van der Waals surface area contributed by atoms with Crippen molar-refractivity contribution in [3.8, 4) is 56.2 Å². The molecule has 0 saturated heterocycles. The third kappa shape index (κ3) is 4.85. The van der Waals surface area contributed by atoms with E-state index >= 15 is 0 Å². The number of hydrogen-bond donors (Lipinski definition) is 0. The Balaban J connectivity index is 1.22. The number of benzene rings is 6. The zero-order chi connectivity index (χ0) is 32.6. The van der Waals surface area contributed by atoms with Gasteiger partial charge in [-0.3, -0.25) is 0 Å². The van der Waals surface area contributed by atoms with Gasteiger partial charge >= 0.3 is 0 Å². The van der Waals surface area contributed by atoms with E-state index in [1.165, 1.54) is 44.5 Å². The van der Waals surface area contributed by atoms with Crippen LogP contribution in [0.4, 0.5) is 0 Å². The van der Waals surface area contributed by atoms with Gasteiger partial charge in [0.2, 0.25) is 0 Å². The van der Waals surface area contributed by atoms with Gasteiger partial charge in [0.1, 0.15) is 0 Å². The van der Waals surface area contributed by atoms with Crippen molar-refractivity contribution in [3.63, 3.8) is 0 Å². The molecular weight excluding hydrogens is 597 g/mol. The Morgan fingerprint density at radius 2 is 0.653 bits per heavy atom. The molecule has 0 bridgehead atoms. The van der Waals surface area contributed by atoms with E-state index in [2.05, 4.69) is 166 Å². The molecule has 0 amide bonds. The molecule has 9 rings (SSSR count). The van der Waals surface area contributed by atoms with Crippen LogP contribution in [0.15, 0.2) is 183 Å². The van der Waals surface area contributed by atoms with Crippen molar-refractivity contribution in [2.24, 2.45) is 0 Å². The molecule has 4 nitrogen and oxygen atoms in total. The number of hydrogen-bond acceptors (Lipinski definition) is 4. The summed E-state index contributed by atoms with van der Waals surface area (Å²) in [6, 6.07) is 56.6. The molecule has 0 radical (unpaired) electrons. The quantitative estimate of drug-likeness (QED) is 0.184. The highest BCUT2D eigenvalue weighted by atomic mass is 14.9. The topological polar surface area (TPSA) is 51.6 Å². The van der Waals surface area contributed by atoms with Gasteiger partial charge in [-0.2, -0.15) is 0 Å². The van der Waals surface area contributed by atoms with E-state index in [9.17, 15) is 0 Å². The third-order valence-corrected chi connectivity index (χ3v) is 9.64. The van der Waals surface area contributed by atoms with E-state index < -0.39 is 5.41 Å². The lowest BCUT2D eigenvalue weighted by Gasteiger charge is -2.34. The second-order valence-electron chi connectivity index (χ2n) is 12.3. The maximum Gasteiger partial charge on any atom is 0.159 e. The van der Waals surface area contributed by atoms with Gasteiger partial charge in [-0.05, 0) is 79.9 Å². The first-order chi connectivity index (χ1) is 24.3. The highest BCUT2D eigenvalue weighted by Crippen LogP contribution is 2.57. The second kappa shape index (κ2) is 11.9. The third-order valence-electron chi connectivity index (χ3n) is 9.64. The van der Waals surface area contributed by atoms with Crippen LogP contribution < -0.4 is 0 Å². The second-order valence-corrected chi connectivity index (χ2v) is 12.3. The summed E-state index contributed by atoms with van der Waals surface area (Å²) in [5, 5.41) is 0. The molecule has 6 aromatic carbocycles. The number of aromatic nitrogens is 4. The molecule has 2 heterocycles. The Kier molecular flexibility index (Phi) is 6.98. The van der Waals surface area contributed by atoms with E-state index in [0.717, 1.165) is 33.9 Å². The molecule has 0 saturated carbocycles. The minimum Gasteiger partial charge on any atom is -0.237 e. The predicted molar refractivity (Wildman–Crippen MR) is 197 cm³/mol. The minimum atomic E-state index is -0.465. The van der Waals surface area contributed by atoms with Gasteiger partial charge in [0.05, 0.1) is 5.41 Å². The van der Waals surface area contributed by atoms with Crippen molar-refractivity contribution in [1.29, 1.82) is 0 Å². The van der Waals surface area contributed by atoms with Crippen molar-refractivity contribution in [3.05, 3.63) is 205 Å². The van der Waals surface area contributed by atoms with Crippen LogP contribution in [-0.4, -0.2) is 19.9 Å². The monoisotopic (exact) mass is 626 g/mol. The first-order valence-corrected chi connectivity index (χ1v) is 16.5. The molecule has 8 aromatic rings. The molecule has 1 aliphatic rings. The standard InChI is InChI=1S/C45H30N4/c1-3-9-37(10-4-1)45(38-11-5-2-6-12-38)41-23-21-35(31-13-17-33(18-14-31)43-46-25-7-26-47-43)29-39(41)40-30-36(22-24-42(40)45)32-15-19-34(20-16-32)44-48-27-8-28-49-44/h1-30H. The lowest BCUT2D eigenvalue weighted by molar-refractivity contribution is 0.768. The largest absolute Gasteiger partial charge is 0.237 e. The van der Waals surface area contributed by atoms with Crippen LogP contribution in [-0.2, 0) is 5.41 Å². The average Bonchev–Trinajstić information content (AvgIpc) is 3.49. The van der Waals surface area contributed by atoms with E-state index in [1.807, 2.05) is 12.1 Å². The van der Waals surface area contributed by atoms with Crippen LogP contribution in [0.3, 0.4) is 0 Å². The van der Waals surface area contributed by atoms with Gasteiger partial charge < -0.3 is 0 Å². The first-order valence-electron chi connectivity index (χ1n) is 16.5. The summed E-state index contributed by atoms with van der Waals surface area (Å²) in [7, 11) is 0. The fourth-order valence-electron chi connectivity index (χ4n) is 7.38. The Morgan fingerprint density at radius 3 is 1.04 bits per heavy atom. The maximum absolute atomic E-state index is 4.43. The van der Waals surface area contributed by atoms with Gasteiger partial charge in [0, 0.05) is 35.9 Å². The zero-order valence-electron chi connectivity index (χ0n) is 26.6. The molecule has 49 heavy (non-hydrogen) atoms. The molecule has 0 atom stereocenters. The lowest BCUT2D eigenvalue weighted by atomic mass is 9.67. The first kappa shape index (κ1) is 28.7. The summed E-state index contributed by atoms with van der Waals surface area (Å²) in [5.74, 6) is 1.45. The van der Waals surface area contributed by atoms with Gasteiger partial charge in [0.15, 0.2) is 11.6 Å². The van der Waals surface area contributed by atoms with Gasteiger partial charge in [0.25, 0.3) is 0 Å². The van der Waals surface area contributed by atoms with Crippen molar-refractivity contribution < 1.29 is 0 Å². The number of nitrogens with zero attached hydrogens (tertiary/aromatic N) is 4.